The molecule has 0 radical (unpaired) electrons. The van der Waals surface area contributed by atoms with Gasteiger partial charge in [0, 0.05) is 49.0 Å². The number of benzene rings is 1. The Bertz CT molecular complexity index is 1270. The van der Waals surface area contributed by atoms with Crippen LogP contribution in [0.15, 0.2) is 30.3 Å². The molecule has 0 unspecified atom stereocenters. The van der Waals surface area contributed by atoms with Gasteiger partial charge in [-0.15, -0.1) is 11.3 Å². The second-order valence-corrected chi connectivity index (χ2v) is 10.9. The molecule has 34 heavy (non-hydrogen) atoms. The van der Waals surface area contributed by atoms with E-state index in [-0.39, 0.29) is 17.6 Å². The number of carbonyl (C=O) groups is 1. The van der Waals surface area contributed by atoms with Crippen molar-refractivity contribution < 1.29 is 14.3 Å². The number of aryl methyl sites for hydroxylation is 1. The molecular formula is C26H30N4O3S. The number of hydrogen-bond acceptors (Lipinski definition) is 7. The molecule has 1 aromatic carbocycles. The first-order valence-corrected chi connectivity index (χ1v) is 12.8. The van der Waals surface area contributed by atoms with Crippen molar-refractivity contribution in [2.45, 2.75) is 44.2 Å². The summed E-state index contributed by atoms with van der Waals surface area (Å²) in [6, 6.07) is 10.2. The lowest BCUT2D eigenvalue weighted by molar-refractivity contribution is -0.0108. The van der Waals surface area contributed by atoms with Crippen LogP contribution in [0, 0.1) is 12.8 Å². The minimum atomic E-state index is -0.166. The number of methoxy groups -OCH3 is 1. The minimum Gasteiger partial charge on any atom is -0.491 e. The summed E-state index contributed by atoms with van der Waals surface area (Å²) >= 11 is 1.34. The fourth-order valence-corrected chi connectivity index (χ4v) is 6.97. The summed E-state index contributed by atoms with van der Waals surface area (Å²) in [4.78, 5) is 21.3. The van der Waals surface area contributed by atoms with E-state index in [1.807, 2.05) is 26.2 Å². The highest BCUT2D eigenvalue weighted by atomic mass is 32.1. The van der Waals surface area contributed by atoms with Crippen molar-refractivity contribution in [3.05, 3.63) is 46.5 Å². The number of fused-ring (bicyclic) bond motifs is 3. The number of nitrogens with two attached hydrogens (primary N) is 1. The Morgan fingerprint density at radius 3 is 3.06 bits per heavy atom. The van der Waals surface area contributed by atoms with E-state index < -0.39 is 0 Å². The van der Waals surface area contributed by atoms with Gasteiger partial charge in [-0.25, -0.2) is 4.98 Å². The monoisotopic (exact) mass is 478 g/mol. The van der Waals surface area contributed by atoms with Crippen LogP contribution in [0.1, 0.15) is 40.2 Å². The van der Waals surface area contributed by atoms with Gasteiger partial charge in [-0.3, -0.25) is 4.79 Å². The standard InChI is InChI=1S/C26H30N4O3S/c1-15-5-8-20-22(27)23(34-25(20)28-15)24(31)29-18-10-16-6-7-19(11-21(16)33-13-18)30-12-17-4-3-9-26(17,14-30)32-2/h5-8,11,17-18H,3-4,9-10,12-14,27H2,1-2H3,(H,29,31)/t17-,18+,26-/m0/s1. The van der Waals surface area contributed by atoms with Crippen LogP contribution in [-0.2, 0) is 11.2 Å². The summed E-state index contributed by atoms with van der Waals surface area (Å²) < 4.78 is 12.1. The lowest BCUT2D eigenvalue weighted by atomic mass is 9.95. The van der Waals surface area contributed by atoms with Gasteiger partial charge in [0.2, 0.25) is 0 Å². The third-order valence-electron chi connectivity index (χ3n) is 7.80. The van der Waals surface area contributed by atoms with Crippen LogP contribution in [0.5, 0.6) is 5.75 Å². The van der Waals surface area contributed by atoms with Crippen LogP contribution in [0.25, 0.3) is 10.2 Å². The fraction of sp³-hybridized carbons (Fsp3) is 0.462. The number of nitrogens with one attached hydrogen (secondary N) is 1. The van der Waals surface area contributed by atoms with Crippen LogP contribution < -0.4 is 20.7 Å². The molecule has 0 spiro atoms. The van der Waals surface area contributed by atoms with Crippen molar-refractivity contribution >= 4 is 38.8 Å². The number of nitrogen functional groups attached to an aromatic ring is 1. The highest BCUT2D eigenvalue weighted by molar-refractivity contribution is 7.21. The molecule has 8 heteroatoms. The van der Waals surface area contributed by atoms with E-state index in [0.29, 0.717) is 23.1 Å². The number of carbonyl (C=O) groups excluding carboxylic acids is 1. The van der Waals surface area contributed by atoms with Gasteiger partial charge in [-0.2, -0.15) is 0 Å². The third kappa shape index (κ3) is 3.51. The maximum absolute atomic E-state index is 13.0. The topological polar surface area (TPSA) is 89.7 Å². The van der Waals surface area contributed by atoms with E-state index in [1.54, 1.807) is 0 Å². The number of pyridine rings is 1. The highest BCUT2D eigenvalue weighted by Gasteiger charge is 2.50. The van der Waals surface area contributed by atoms with Gasteiger partial charge in [0.15, 0.2) is 0 Å². The molecule has 7 nitrogen and oxygen atoms in total. The van der Waals surface area contributed by atoms with Crippen LogP contribution in [0.4, 0.5) is 11.4 Å². The molecule has 0 bridgehead atoms. The molecule has 3 aliphatic rings. The van der Waals surface area contributed by atoms with Gasteiger partial charge in [0.05, 0.1) is 17.3 Å². The predicted octanol–water partition coefficient (Wildman–Crippen LogP) is 3.93. The molecule has 1 amide bonds. The largest absolute Gasteiger partial charge is 0.491 e. The number of ether oxygens (including phenoxy) is 2. The van der Waals surface area contributed by atoms with E-state index >= 15 is 0 Å². The number of rotatable bonds is 4. The summed E-state index contributed by atoms with van der Waals surface area (Å²) in [5.41, 5.74) is 9.98. The van der Waals surface area contributed by atoms with Gasteiger partial charge < -0.3 is 25.4 Å². The smallest absolute Gasteiger partial charge is 0.263 e. The highest BCUT2D eigenvalue weighted by Crippen LogP contribution is 2.46. The Labute approximate surface area is 203 Å². The second-order valence-electron chi connectivity index (χ2n) is 9.87. The third-order valence-corrected chi connectivity index (χ3v) is 8.91. The molecule has 1 saturated carbocycles. The predicted molar refractivity (Wildman–Crippen MR) is 135 cm³/mol. The van der Waals surface area contributed by atoms with Crippen molar-refractivity contribution in [1.82, 2.24) is 10.3 Å². The molecule has 1 saturated heterocycles. The zero-order valence-corrected chi connectivity index (χ0v) is 20.4. The first-order valence-electron chi connectivity index (χ1n) is 12.0. The summed E-state index contributed by atoms with van der Waals surface area (Å²) in [6.45, 7) is 4.35. The van der Waals surface area contributed by atoms with Crippen molar-refractivity contribution in [3.63, 3.8) is 0 Å². The quantitative estimate of drug-likeness (QED) is 0.591. The lowest BCUT2D eigenvalue weighted by Crippen LogP contribution is -2.42. The van der Waals surface area contributed by atoms with Gasteiger partial charge in [0.25, 0.3) is 5.91 Å². The van der Waals surface area contributed by atoms with Crippen molar-refractivity contribution in [2.24, 2.45) is 5.92 Å². The lowest BCUT2D eigenvalue weighted by Gasteiger charge is -2.29. The van der Waals surface area contributed by atoms with Crippen molar-refractivity contribution in [1.29, 1.82) is 0 Å². The van der Waals surface area contributed by atoms with Gasteiger partial charge >= 0.3 is 0 Å². The summed E-state index contributed by atoms with van der Waals surface area (Å²) in [5, 5.41) is 3.95. The average molecular weight is 479 g/mol. The van der Waals surface area contributed by atoms with Gasteiger partial charge in [-0.1, -0.05) is 12.5 Å². The molecule has 6 rings (SSSR count). The molecule has 3 aromatic rings. The van der Waals surface area contributed by atoms with Crippen LogP contribution in [0.3, 0.4) is 0 Å². The summed E-state index contributed by atoms with van der Waals surface area (Å²) in [6.07, 6.45) is 4.38. The number of hydrogen-bond donors (Lipinski definition) is 2. The van der Waals surface area contributed by atoms with E-state index in [0.717, 1.165) is 53.2 Å². The Morgan fingerprint density at radius 2 is 2.24 bits per heavy atom. The normalized spacial score (nSPS) is 25.8. The van der Waals surface area contributed by atoms with E-state index in [1.165, 1.54) is 29.9 Å². The number of amides is 1. The zero-order valence-electron chi connectivity index (χ0n) is 19.6. The summed E-state index contributed by atoms with van der Waals surface area (Å²) in [5.74, 6) is 1.35. The van der Waals surface area contributed by atoms with Crippen molar-refractivity contribution in [2.75, 3.05) is 37.4 Å². The van der Waals surface area contributed by atoms with Gasteiger partial charge in [0.1, 0.15) is 22.1 Å². The zero-order chi connectivity index (χ0) is 23.4. The molecule has 2 aliphatic heterocycles. The molecule has 3 N–H and O–H groups in total. The molecule has 3 atom stereocenters. The molecule has 4 heterocycles. The second kappa shape index (κ2) is 8.13. The number of aromatic nitrogens is 1. The van der Waals surface area contributed by atoms with Crippen LogP contribution in [0.2, 0.25) is 0 Å². The Kier molecular flexibility index (Phi) is 5.18. The van der Waals surface area contributed by atoms with E-state index in [9.17, 15) is 4.79 Å². The molecule has 178 valence electrons. The maximum atomic E-state index is 13.0. The van der Waals surface area contributed by atoms with Crippen LogP contribution >= 0.6 is 11.3 Å². The Balaban J connectivity index is 1.15. The van der Waals surface area contributed by atoms with Gasteiger partial charge in [-0.05, 0) is 49.9 Å². The summed E-state index contributed by atoms with van der Waals surface area (Å²) in [7, 11) is 1.86. The fourth-order valence-electron chi connectivity index (χ4n) is 5.92. The molecule has 1 aliphatic carbocycles. The van der Waals surface area contributed by atoms with E-state index in [2.05, 4.69) is 33.4 Å². The SMILES string of the molecule is CO[C@]12CCC[C@H]1CN(c1ccc3c(c1)OC[C@H](NC(=O)c1sc4nc(C)ccc4c1N)C3)C2. The first-order chi connectivity index (χ1) is 16.5. The van der Waals surface area contributed by atoms with Crippen LogP contribution in [-0.4, -0.2) is 49.3 Å². The first kappa shape index (κ1) is 21.7. The number of nitrogens with zero attached hydrogens (tertiary/aromatic N) is 2. The number of anilines is 2. The van der Waals surface area contributed by atoms with Crippen molar-refractivity contribution in [3.8, 4) is 5.75 Å². The molecule has 2 fully saturated rings. The number of thiophene rings is 1. The molecular weight excluding hydrogens is 448 g/mol. The minimum absolute atomic E-state index is 0.00872. The molecule has 2 aromatic heterocycles. The van der Waals surface area contributed by atoms with E-state index in [4.69, 9.17) is 15.2 Å². The average Bonchev–Trinajstić information content (AvgIpc) is 3.49. The Hall–Kier alpha value is -2.84. The maximum Gasteiger partial charge on any atom is 0.263 e. The Morgan fingerprint density at radius 1 is 1.35 bits per heavy atom.